The molecule has 1 saturated heterocycles. The summed E-state index contributed by atoms with van der Waals surface area (Å²) in [5.74, 6) is 0.441. The highest BCUT2D eigenvalue weighted by atomic mass is 35.5. The Bertz CT molecular complexity index is 726. The molecule has 1 aromatic heterocycles. The van der Waals surface area contributed by atoms with Crippen LogP contribution in [0.5, 0.6) is 11.9 Å². The zero-order valence-electron chi connectivity index (χ0n) is 13.8. The molecule has 1 atom stereocenters. The van der Waals surface area contributed by atoms with Gasteiger partial charge in [0.05, 0.1) is 13.7 Å². The van der Waals surface area contributed by atoms with E-state index in [-0.39, 0.29) is 18.1 Å². The van der Waals surface area contributed by atoms with Crippen molar-refractivity contribution in [2.75, 3.05) is 25.5 Å². The third-order valence-corrected chi connectivity index (χ3v) is 4.09. The van der Waals surface area contributed by atoms with Crippen molar-refractivity contribution in [2.45, 2.75) is 18.9 Å². The van der Waals surface area contributed by atoms with Crippen LogP contribution in [0.15, 0.2) is 36.5 Å². The summed E-state index contributed by atoms with van der Waals surface area (Å²) in [6, 6.07) is 8.79. The number of halogens is 1. The van der Waals surface area contributed by atoms with Crippen LogP contribution in [0.3, 0.4) is 0 Å². The maximum atomic E-state index is 12.4. The number of anilines is 1. The average molecular weight is 363 g/mol. The zero-order valence-corrected chi connectivity index (χ0v) is 14.6. The fraction of sp³-hybridized carbons (Fsp3) is 0.353. The molecular formula is C17H19ClN4O3. The molecule has 1 aliphatic rings. The van der Waals surface area contributed by atoms with Gasteiger partial charge in [-0.1, -0.05) is 11.6 Å². The van der Waals surface area contributed by atoms with Gasteiger partial charge in [-0.25, -0.2) is 9.78 Å². The van der Waals surface area contributed by atoms with Crippen molar-refractivity contribution in [1.29, 1.82) is 0 Å². The predicted octanol–water partition coefficient (Wildman–Crippen LogP) is 3.21. The monoisotopic (exact) mass is 362 g/mol. The molecule has 0 aliphatic carbocycles. The number of likely N-dealkylation sites (tertiary alicyclic amines) is 1. The highest BCUT2D eigenvalue weighted by molar-refractivity contribution is 6.30. The van der Waals surface area contributed by atoms with Gasteiger partial charge >= 0.3 is 12.0 Å². The van der Waals surface area contributed by atoms with Gasteiger partial charge in [0.25, 0.3) is 0 Å². The number of aromatic nitrogens is 2. The number of amides is 2. The molecule has 7 nitrogen and oxygen atoms in total. The normalized spacial score (nSPS) is 17.0. The van der Waals surface area contributed by atoms with Gasteiger partial charge in [0.2, 0.25) is 5.88 Å². The topological polar surface area (TPSA) is 76.6 Å². The fourth-order valence-electron chi connectivity index (χ4n) is 2.61. The number of carbonyl (C=O) groups is 1. The van der Waals surface area contributed by atoms with Crippen LogP contribution < -0.4 is 14.8 Å². The zero-order chi connectivity index (χ0) is 17.6. The van der Waals surface area contributed by atoms with E-state index in [1.807, 2.05) is 0 Å². The van der Waals surface area contributed by atoms with Crippen molar-refractivity contribution in [3.8, 4) is 11.9 Å². The van der Waals surface area contributed by atoms with Crippen LogP contribution in [0.1, 0.15) is 12.8 Å². The Hall–Kier alpha value is -2.54. The first-order valence-electron chi connectivity index (χ1n) is 7.99. The minimum atomic E-state index is -0.157. The summed E-state index contributed by atoms with van der Waals surface area (Å²) in [4.78, 5) is 22.3. The maximum absolute atomic E-state index is 12.4. The molecular weight excluding hydrogens is 344 g/mol. The van der Waals surface area contributed by atoms with E-state index in [0.29, 0.717) is 29.7 Å². The number of ether oxygens (including phenoxy) is 2. The van der Waals surface area contributed by atoms with E-state index in [1.54, 1.807) is 41.4 Å². The molecule has 2 aromatic rings. The van der Waals surface area contributed by atoms with Gasteiger partial charge in [-0.05, 0) is 37.1 Å². The van der Waals surface area contributed by atoms with E-state index >= 15 is 0 Å². The molecule has 132 valence electrons. The molecule has 1 unspecified atom stereocenters. The number of nitrogens with zero attached hydrogens (tertiary/aromatic N) is 3. The van der Waals surface area contributed by atoms with Crippen molar-refractivity contribution >= 4 is 23.3 Å². The van der Waals surface area contributed by atoms with Crippen LogP contribution in [0.25, 0.3) is 0 Å². The summed E-state index contributed by atoms with van der Waals surface area (Å²) in [6.07, 6.45) is 3.18. The molecule has 1 aromatic carbocycles. The Morgan fingerprint density at radius 3 is 2.88 bits per heavy atom. The first-order valence-corrected chi connectivity index (χ1v) is 8.37. The SMILES string of the molecule is COc1nccc(OC2CCCN(C(=O)Nc3ccc(Cl)cc3)C2)n1. The lowest BCUT2D eigenvalue weighted by Gasteiger charge is -2.32. The van der Waals surface area contributed by atoms with E-state index in [4.69, 9.17) is 21.1 Å². The quantitative estimate of drug-likeness (QED) is 0.903. The summed E-state index contributed by atoms with van der Waals surface area (Å²) in [7, 11) is 1.50. The highest BCUT2D eigenvalue weighted by Crippen LogP contribution is 2.19. The second-order valence-electron chi connectivity index (χ2n) is 5.65. The number of benzene rings is 1. The number of methoxy groups -OCH3 is 1. The van der Waals surface area contributed by atoms with Gasteiger partial charge < -0.3 is 19.7 Å². The molecule has 2 amide bonds. The van der Waals surface area contributed by atoms with Crippen LogP contribution in [-0.4, -0.2) is 47.2 Å². The third kappa shape index (κ3) is 4.73. The number of piperidine rings is 1. The summed E-state index contributed by atoms with van der Waals surface area (Å²) in [5, 5.41) is 3.50. The molecule has 1 fully saturated rings. The molecule has 3 rings (SSSR count). The second kappa shape index (κ2) is 8.02. The Labute approximate surface area is 150 Å². The van der Waals surface area contributed by atoms with E-state index in [9.17, 15) is 4.79 Å². The van der Waals surface area contributed by atoms with Crippen LogP contribution >= 0.6 is 11.6 Å². The number of nitrogens with one attached hydrogen (secondary N) is 1. The Morgan fingerprint density at radius 1 is 1.32 bits per heavy atom. The smallest absolute Gasteiger partial charge is 0.321 e. The van der Waals surface area contributed by atoms with Gasteiger partial charge in [-0.15, -0.1) is 0 Å². The first kappa shape index (κ1) is 17.3. The van der Waals surface area contributed by atoms with E-state index in [2.05, 4.69) is 15.3 Å². The number of rotatable bonds is 4. The maximum Gasteiger partial charge on any atom is 0.321 e. The van der Waals surface area contributed by atoms with Crippen molar-refractivity contribution in [3.63, 3.8) is 0 Å². The van der Waals surface area contributed by atoms with Crippen LogP contribution in [-0.2, 0) is 0 Å². The molecule has 0 bridgehead atoms. The molecule has 1 aliphatic heterocycles. The molecule has 0 radical (unpaired) electrons. The minimum Gasteiger partial charge on any atom is -0.472 e. The lowest BCUT2D eigenvalue weighted by Crippen LogP contribution is -2.46. The van der Waals surface area contributed by atoms with Gasteiger partial charge in [-0.3, -0.25) is 0 Å². The Kier molecular flexibility index (Phi) is 5.55. The summed E-state index contributed by atoms with van der Waals surface area (Å²) >= 11 is 5.86. The molecule has 0 spiro atoms. The van der Waals surface area contributed by atoms with Crippen molar-refractivity contribution in [3.05, 3.63) is 41.6 Å². The van der Waals surface area contributed by atoms with Crippen molar-refractivity contribution in [1.82, 2.24) is 14.9 Å². The standard InChI is InChI=1S/C17H19ClN4O3/c1-24-16-19-9-8-15(21-16)25-14-3-2-10-22(11-14)17(23)20-13-6-4-12(18)5-7-13/h4-9,14H,2-3,10-11H2,1H3,(H,20,23). The van der Waals surface area contributed by atoms with Crippen molar-refractivity contribution < 1.29 is 14.3 Å². The van der Waals surface area contributed by atoms with E-state index in [1.165, 1.54) is 7.11 Å². The van der Waals surface area contributed by atoms with Crippen LogP contribution in [0.4, 0.5) is 10.5 Å². The Morgan fingerprint density at radius 2 is 2.12 bits per heavy atom. The molecule has 0 saturated carbocycles. The Balaban J connectivity index is 1.58. The summed E-state index contributed by atoms with van der Waals surface area (Å²) in [5.41, 5.74) is 0.706. The highest BCUT2D eigenvalue weighted by Gasteiger charge is 2.25. The van der Waals surface area contributed by atoms with Gasteiger partial charge in [0.15, 0.2) is 0 Å². The fourth-order valence-corrected chi connectivity index (χ4v) is 2.74. The van der Waals surface area contributed by atoms with Crippen LogP contribution in [0.2, 0.25) is 5.02 Å². The molecule has 1 N–H and O–H groups in total. The second-order valence-corrected chi connectivity index (χ2v) is 6.08. The molecule has 25 heavy (non-hydrogen) atoms. The third-order valence-electron chi connectivity index (χ3n) is 3.84. The molecule has 8 heteroatoms. The summed E-state index contributed by atoms with van der Waals surface area (Å²) < 4.78 is 10.9. The van der Waals surface area contributed by atoms with Crippen molar-refractivity contribution in [2.24, 2.45) is 0 Å². The number of hydrogen-bond donors (Lipinski definition) is 1. The van der Waals surface area contributed by atoms with E-state index < -0.39 is 0 Å². The molecule has 2 heterocycles. The first-order chi connectivity index (χ1) is 12.1. The largest absolute Gasteiger partial charge is 0.472 e. The van der Waals surface area contributed by atoms with Gasteiger partial charge in [0.1, 0.15) is 6.10 Å². The lowest BCUT2D eigenvalue weighted by molar-refractivity contribution is 0.102. The number of urea groups is 1. The predicted molar refractivity (Wildman–Crippen MR) is 94.3 cm³/mol. The number of hydrogen-bond acceptors (Lipinski definition) is 5. The average Bonchev–Trinajstić information content (AvgIpc) is 2.64. The van der Waals surface area contributed by atoms with Gasteiger partial charge in [0, 0.05) is 29.5 Å². The van der Waals surface area contributed by atoms with Crippen LogP contribution in [0, 0.1) is 0 Å². The van der Waals surface area contributed by atoms with Gasteiger partial charge in [-0.2, -0.15) is 4.98 Å². The number of carbonyl (C=O) groups excluding carboxylic acids is 1. The lowest BCUT2D eigenvalue weighted by atomic mass is 10.1. The summed E-state index contributed by atoms with van der Waals surface area (Å²) in [6.45, 7) is 1.18. The van der Waals surface area contributed by atoms with E-state index in [0.717, 1.165) is 12.8 Å². The minimum absolute atomic E-state index is 0.121.